The largest absolute Gasteiger partial charge is 0.416 e. The highest BCUT2D eigenvalue weighted by Gasteiger charge is 2.33. The molecule has 1 aromatic heterocycles. The average Bonchev–Trinajstić information content (AvgIpc) is 3.46. The number of carbonyl (C=O) groups is 1. The molecule has 3 aromatic rings. The summed E-state index contributed by atoms with van der Waals surface area (Å²) in [6.07, 6.45) is -1.02. The number of rotatable bonds is 6. The normalized spacial score (nSPS) is 18.0. The molecule has 0 bridgehead atoms. The Kier molecular flexibility index (Phi) is 7.60. The number of aliphatic imine (C=N–C) groups is 1. The molecule has 0 atom stereocenters. The highest BCUT2D eigenvalue weighted by Crippen LogP contribution is 2.34. The smallest absolute Gasteiger partial charge is 0.379 e. The molecule has 0 aliphatic carbocycles. The number of thioether (sulfide) groups is 1. The predicted molar refractivity (Wildman–Crippen MR) is 143 cm³/mol. The number of aryl methyl sites for hydroxylation is 1. The van der Waals surface area contributed by atoms with Gasteiger partial charge in [-0.1, -0.05) is 23.8 Å². The molecule has 1 saturated heterocycles. The summed E-state index contributed by atoms with van der Waals surface area (Å²) in [6.45, 7) is 6.58. The fourth-order valence-corrected chi connectivity index (χ4v) is 5.40. The molecule has 2 aliphatic rings. The lowest BCUT2D eigenvalue weighted by atomic mass is 10.0. The minimum Gasteiger partial charge on any atom is -0.379 e. The van der Waals surface area contributed by atoms with Crippen LogP contribution in [0.3, 0.4) is 0 Å². The third kappa shape index (κ3) is 5.95. The Morgan fingerprint density at radius 1 is 1.16 bits per heavy atom. The van der Waals surface area contributed by atoms with E-state index in [-0.39, 0.29) is 18.0 Å². The number of halogens is 3. The fourth-order valence-electron chi connectivity index (χ4n) is 4.50. The van der Waals surface area contributed by atoms with Crippen LogP contribution in [0.25, 0.3) is 17.0 Å². The standard InChI is InChI=1S/C27H28F3N5O2S/c1-18-3-5-20(22(13-18)27(28,29)30)17-35-23-6-4-19(14-21(23)16-31-35)15-24-25(36)32-26(38-24)33(2)7-8-34-9-11-37-12-10-34/h3-6,13-16H,7-12,17H2,1-2H3/b24-15-. The monoisotopic (exact) mass is 543 g/mol. The number of benzene rings is 2. The number of hydrogen-bond acceptors (Lipinski definition) is 6. The van der Waals surface area contributed by atoms with Crippen LogP contribution in [0.15, 0.2) is 52.5 Å². The highest BCUT2D eigenvalue weighted by molar-refractivity contribution is 8.18. The second-order valence-corrected chi connectivity index (χ2v) is 10.5. The van der Waals surface area contributed by atoms with E-state index in [0.717, 1.165) is 56.4 Å². The van der Waals surface area contributed by atoms with Gasteiger partial charge >= 0.3 is 6.18 Å². The van der Waals surface area contributed by atoms with Gasteiger partial charge < -0.3 is 9.64 Å². The molecule has 0 saturated carbocycles. The number of nitrogens with zero attached hydrogens (tertiary/aromatic N) is 5. The third-order valence-corrected chi connectivity index (χ3v) is 7.74. The molecule has 0 spiro atoms. The Bertz CT molecular complexity index is 1410. The summed E-state index contributed by atoms with van der Waals surface area (Å²) in [4.78, 5) is 21.6. The number of amidine groups is 1. The van der Waals surface area contributed by atoms with Gasteiger partial charge in [-0.05, 0) is 54.1 Å². The first-order valence-corrected chi connectivity index (χ1v) is 13.1. The number of aromatic nitrogens is 2. The van der Waals surface area contributed by atoms with E-state index in [2.05, 4.69) is 15.0 Å². The molecule has 1 fully saturated rings. The summed E-state index contributed by atoms with van der Waals surface area (Å²) in [5.74, 6) is -0.280. The second-order valence-electron chi connectivity index (χ2n) is 9.46. The number of morpholine rings is 1. The summed E-state index contributed by atoms with van der Waals surface area (Å²) in [5.41, 5.74) is 1.58. The topological polar surface area (TPSA) is 63.0 Å². The van der Waals surface area contributed by atoms with E-state index >= 15 is 0 Å². The van der Waals surface area contributed by atoms with E-state index in [9.17, 15) is 18.0 Å². The van der Waals surface area contributed by atoms with E-state index in [4.69, 9.17) is 4.74 Å². The quantitative estimate of drug-likeness (QED) is 0.422. The van der Waals surface area contributed by atoms with E-state index in [1.165, 1.54) is 17.8 Å². The lowest BCUT2D eigenvalue weighted by molar-refractivity contribution is -0.138. The van der Waals surface area contributed by atoms with Gasteiger partial charge in [0.25, 0.3) is 5.91 Å². The number of carbonyl (C=O) groups excluding carboxylic acids is 1. The molecule has 0 N–H and O–H groups in total. The summed E-state index contributed by atoms with van der Waals surface area (Å²) >= 11 is 1.34. The van der Waals surface area contributed by atoms with E-state index in [0.29, 0.717) is 21.2 Å². The van der Waals surface area contributed by atoms with Gasteiger partial charge in [-0.25, -0.2) is 0 Å². The number of hydrogen-bond donors (Lipinski definition) is 0. The number of fused-ring (bicyclic) bond motifs is 1. The van der Waals surface area contributed by atoms with Gasteiger partial charge in [0, 0.05) is 38.6 Å². The zero-order chi connectivity index (χ0) is 26.9. The van der Waals surface area contributed by atoms with Crippen molar-refractivity contribution in [2.45, 2.75) is 19.6 Å². The minimum absolute atomic E-state index is 0.00137. The first-order chi connectivity index (χ1) is 18.2. The van der Waals surface area contributed by atoms with Crippen molar-refractivity contribution in [3.63, 3.8) is 0 Å². The Morgan fingerprint density at radius 2 is 1.95 bits per heavy atom. The van der Waals surface area contributed by atoms with Crippen molar-refractivity contribution in [2.24, 2.45) is 4.99 Å². The SMILES string of the molecule is Cc1ccc(Cn2ncc3cc(/C=C4\SC(N(C)CCN5CCOCC5)=NC4=O)ccc32)c(C(F)(F)F)c1. The zero-order valence-electron chi connectivity index (χ0n) is 21.2. The number of likely N-dealkylation sites (N-methyl/N-ethyl adjacent to an activating group) is 1. The van der Waals surface area contributed by atoms with Crippen LogP contribution in [0, 0.1) is 6.92 Å². The van der Waals surface area contributed by atoms with Crippen LogP contribution in [0.4, 0.5) is 13.2 Å². The molecular formula is C27H28F3N5O2S. The number of alkyl halides is 3. The molecule has 1 amide bonds. The molecule has 7 nitrogen and oxygen atoms in total. The Hall–Kier alpha value is -3.15. The van der Waals surface area contributed by atoms with Crippen LogP contribution < -0.4 is 0 Å². The summed E-state index contributed by atoms with van der Waals surface area (Å²) in [7, 11) is 1.93. The average molecular weight is 544 g/mol. The fraction of sp³-hybridized carbons (Fsp3) is 0.370. The minimum atomic E-state index is -4.44. The van der Waals surface area contributed by atoms with Crippen molar-refractivity contribution in [3.8, 4) is 0 Å². The third-order valence-electron chi connectivity index (χ3n) is 6.65. The van der Waals surface area contributed by atoms with Crippen LogP contribution in [-0.4, -0.2) is 77.1 Å². The predicted octanol–water partition coefficient (Wildman–Crippen LogP) is 4.65. The molecule has 0 unspecified atom stereocenters. The molecule has 2 aromatic carbocycles. The molecule has 5 rings (SSSR count). The van der Waals surface area contributed by atoms with E-state index < -0.39 is 11.7 Å². The van der Waals surface area contributed by atoms with Crippen molar-refractivity contribution in [1.29, 1.82) is 0 Å². The maximum Gasteiger partial charge on any atom is 0.416 e. The molecule has 38 heavy (non-hydrogen) atoms. The van der Waals surface area contributed by atoms with Crippen LogP contribution in [0.5, 0.6) is 0 Å². The molecular weight excluding hydrogens is 515 g/mol. The maximum absolute atomic E-state index is 13.6. The van der Waals surface area contributed by atoms with Gasteiger partial charge in [-0.2, -0.15) is 23.3 Å². The maximum atomic E-state index is 13.6. The zero-order valence-corrected chi connectivity index (χ0v) is 22.0. The van der Waals surface area contributed by atoms with Gasteiger partial charge in [-0.15, -0.1) is 0 Å². The van der Waals surface area contributed by atoms with Gasteiger partial charge in [-0.3, -0.25) is 14.4 Å². The molecule has 11 heteroatoms. The van der Waals surface area contributed by atoms with Gasteiger partial charge in [0.2, 0.25) is 0 Å². The molecule has 0 radical (unpaired) electrons. The number of amides is 1. The Balaban J connectivity index is 1.28. The summed E-state index contributed by atoms with van der Waals surface area (Å²) in [6, 6.07) is 9.87. The van der Waals surface area contributed by atoms with Gasteiger partial charge in [0.15, 0.2) is 5.17 Å². The van der Waals surface area contributed by atoms with Crippen molar-refractivity contribution in [3.05, 3.63) is 69.8 Å². The van der Waals surface area contributed by atoms with Crippen LogP contribution in [-0.2, 0) is 22.3 Å². The van der Waals surface area contributed by atoms with E-state index in [1.807, 2.05) is 30.1 Å². The number of ether oxygens (including phenoxy) is 1. The van der Waals surface area contributed by atoms with Crippen molar-refractivity contribution < 1.29 is 22.7 Å². The summed E-state index contributed by atoms with van der Waals surface area (Å²) < 4.78 is 47.7. The highest BCUT2D eigenvalue weighted by atomic mass is 32.2. The Morgan fingerprint density at radius 3 is 2.71 bits per heavy atom. The van der Waals surface area contributed by atoms with Crippen molar-refractivity contribution in [1.82, 2.24) is 19.6 Å². The summed E-state index contributed by atoms with van der Waals surface area (Å²) in [5, 5.41) is 5.78. The van der Waals surface area contributed by atoms with Crippen LogP contribution in [0.1, 0.15) is 22.3 Å². The van der Waals surface area contributed by atoms with Crippen molar-refractivity contribution in [2.75, 3.05) is 46.4 Å². The van der Waals surface area contributed by atoms with Crippen LogP contribution in [0.2, 0.25) is 0 Å². The van der Waals surface area contributed by atoms with E-state index in [1.54, 1.807) is 29.9 Å². The van der Waals surface area contributed by atoms with Gasteiger partial charge in [0.05, 0.1) is 41.9 Å². The first kappa shape index (κ1) is 26.5. The second kappa shape index (κ2) is 10.9. The first-order valence-electron chi connectivity index (χ1n) is 12.3. The lowest BCUT2D eigenvalue weighted by Gasteiger charge is -2.28. The lowest BCUT2D eigenvalue weighted by Crippen LogP contribution is -2.41. The Labute approximate surface area is 222 Å². The molecule has 200 valence electrons. The van der Waals surface area contributed by atoms with Gasteiger partial charge in [0.1, 0.15) is 0 Å². The van der Waals surface area contributed by atoms with Crippen LogP contribution >= 0.6 is 11.8 Å². The molecule has 3 heterocycles. The van der Waals surface area contributed by atoms with Crippen molar-refractivity contribution >= 4 is 39.8 Å². The molecule has 2 aliphatic heterocycles.